The fraction of sp³-hybridized carbons (Fsp3) is 0.636. The van der Waals surface area contributed by atoms with E-state index in [9.17, 15) is 4.79 Å². The van der Waals surface area contributed by atoms with Crippen LogP contribution in [-0.2, 0) is 4.74 Å². The van der Waals surface area contributed by atoms with E-state index in [0.717, 1.165) is 18.5 Å². The molecule has 0 spiro atoms. The summed E-state index contributed by atoms with van der Waals surface area (Å²) in [7, 11) is 0. The molecular weight excluding hydrogens is 220 g/mol. The number of anilines is 1. The molecule has 3 N–H and O–H groups in total. The maximum atomic E-state index is 11.5. The summed E-state index contributed by atoms with van der Waals surface area (Å²) in [6.07, 6.45) is 3.20. The fourth-order valence-electron chi connectivity index (χ4n) is 2.20. The number of carbonyl (C=O) groups is 1. The minimum atomic E-state index is -0.219. The number of rotatable bonds is 2. The highest BCUT2D eigenvalue weighted by atomic mass is 16.6. The summed E-state index contributed by atoms with van der Waals surface area (Å²) >= 11 is 0. The van der Waals surface area contributed by atoms with Gasteiger partial charge in [-0.2, -0.15) is 5.10 Å². The molecule has 0 saturated carbocycles. The SMILES string of the molecule is CCOC(=O)N1CCC(c2[nH]ncc2N)CC1. The molecule has 0 unspecified atom stereocenters. The van der Waals surface area contributed by atoms with Gasteiger partial charge in [-0.3, -0.25) is 5.10 Å². The van der Waals surface area contributed by atoms with Gasteiger partial charge >= 0.3 is 6.09 Å². The lowest BCUT2D eigenvalue weighted by Crippen LogP contribution is -2.38. The Hall–Kier alpha value is -1.72. The van der Waals surface area contributed by atoms with E-state index < -0.39 is 0 Å². The number of aromatic amines is 1. The third-order valence-corrected chi connectivity index (χ3v) is 3.13. The first-order valence-corrected chi connectivity index (χ1v) is 5.92. The van der Waals surface area contributed by atoms with E-state index >= 15 is 0 Å². The van der Waals surface area contributed by atoms with Crippen molar-refractivity contribution < 1.29 is 9.53 Å². The van der Waals surface area contributed by atoms with Gasteiger partial charge in [0.15, 0.2) is 0 Å². The van der Waals surface area contributed by atoms with Crippen LogP contribution in [0, 0.1) is 0 Å². The van der Waals surface area contributed by atoms with Gasteiger partial charge in [-0.25, -0.2) is 4.79 Å². The lowest BCUT2D eigenvalue weighted by atomic mass is 9.93. The molecule has 0 bridgehead atoms. The van der Waals surface area contributed by atoms with Crippen molar-refractivity contribution in [2.45, 2.75) is 25.7 Å². The number of amides is 1. The molecule has 1 aromatic heterocycles. The Kier molecular flexibility index (Phi) is 3.51. The first-order valence-electron chi connectivity index (χ1n) is 5.92. The van der Waals surface area contributed by atoms with Gasteiger partial charge in [0.25, 0.3) is 0 Å². The highest BCUT2D eigenvalue weighted by molar-refractivity contribution is 5.67. The van der Waals surface area contributed by atoms with Crippen molar-refractivity contribution in [1.29, 1.82) is 0 Å². The van der Waals surface area contributed by atoms with Crippen molar-refractivity contribution in [1.82, 2.24) is 15.1 Å². The van der Waals surface area contributed by atoms with Crippen molar-refractivity contribution >= 4 is 11.8 Å². The number of nitrogen functional groups attached to an aromatic ring is 1. The number of aromatic nitrogens is 2. The normalized spacial score (nSPS) is 17.1. The Morgan fingerprint density at radius 2 is 2.35 bits per heavy atom. The standard InChI is InChI=1S/C11H18N4O2/c1-2-17-11(16)15-5-3-8(4-6-15)10-9(12)7-13-14-10/h7-8H,2-6,12H2,1H3,(H,13,14). The van der Waals surface area contributed by atoms with E-state index in [1.807, 2.05) is 6.92 Å². The molecule has 2 heterocycles. The van der Waals surface area contributed by atoms with Crippen LogP contribution < -0.4 is 5.73 Å². The Morgan fingerprint density at radius 3 is 2.88 bits per heavy atom. The first kappa shape index (κ1) is 11.8. The Bertz CT molecular complexity index is 383. The average Bonchev–Trinajstić information content (AvgIpc) is 2.76. The largest absolute Gasteiger partial charge is 0.450 e. The lowest BCUT2D eigenvalue weighted by molar-refractivity contribution is 0.0969. The number of nitrogens with two attached hydrogens (primary N) is 1. The predicted molar refractivity (Wildman–Crippen MR) is 63.6 cm³/mol. The van der Waals surface area contributed by atoms with Gasteiger partial charge in [0.1, 0.15) is 0 Å². The summed E-state index contributed by atoms with van der Waals surface area (Å²) in [5.74, 6) is 0.364. The van der Waals surface area contributed by atoms with Crippen LogP contribution in [0.1, 0.15) is 31.4 Å². The molecule has 1 amide bonds. The maximum Gasteiger partial charge on any atom is 0.409 e. The van der Waals surface area contributed by atoms with Crippen molar-refractivity contribution in [2.75, 3.05) is 25.4 Å². The predicted octanol–water partition coefficient (Wildman–Crippen LogP) is 1.33. The van der Waals surface area contributed by atoms with E-state index in [4.69, 9.17) is 10.5 Å². The van der Waals surface area contributed by atoms with Gasteiger partial charge in [-0.1, -0.05) is 0 Å². The molecular formula is C11H18N4O2. The smallest absolute Gasteiger partial charge is 0.409 e. The molecule has 94 valence electrons. The van der Waals surface area contributed by atoms with E-state index in [1.54, 1.807) is 11.1 Å². The molecule has 6 heteroatoms. The van der Waals surface area contributed by atoms with Crippen LogP contribution in [0.3, 0.4) is 0 Å². The van der Waals surface area contributed by atoms with Crippen LogP contribution in [0.25, 0.3) is 0 Å². The molecule has 1 fully saturated rings. The van der Waals surface area contributed by atoms with Crippen LogP contribution in [-0.4, -0.2) is 40.9 Å². The summed E-state index contributed by atoms with van der Waals surface area (Å²) in [4.78, 5) is 13.3. The minimum absolute atomic E-state index is 0.219. The van der Waals surface area contributed by atoms with E-state index in [-0.39, 0.29) is 6.09 Å². The Morgan fingerprint density at radius 1 is 1.65 bits per heavy atom. The van der Waals surface area contributed by atoms with Gasteiger partial charge in [-0.05, 0) is 19.8 Å². The van der Waals surface area contributed by atoms with Crippen molar-refractivity contribution in [2.24, 2.45) is 0 Å². The quantitative estimate of drug-likeness (QED) is 0.814. The number of carbonyl (C=O) groups excluding carboxylic acids is 1. The molecule has 0 aromatic carbocycles. The van der Waals surface area contributed by atoms with Gasteiger partial charge in [0.2, 0.25) is 0 Å². The summed E-state index contributed by atoms with van der Waals surface area (Å²) in [6.45, 7) is 3.66. The van der Waals surface area contributed by atoms with Crippen LogP contribution >= 0.6 is 0 Å². The van der Waals surface area contributed by atoms with E-state index in [0.29, 0.717) is 31.3 Å². The zero-order valence-electron chi connectivity index (χ0n) is 9.98. The number of likely N-dealkylation sites (tertiary alicyclic amines) is 1. The minimum Gasteiger partial charge on any atom is -0.450 e. The molecule has 0 radical (unpaired) electrons. The third-order valence-electron chi connectivity index (χ3n) is 3.13. The molecule has 1 aliphatic heterocycles. The third kappa shape index (κ3) is 2.51. The number of hydrogen-bond acceptors (Lipinski definition) is 4. The molecule has 1 aliphatic rings. The number of nitrogens with zero attached hydrogens (tertiary/aromatic N) is 2. The average molecular weight is 238 g/mol. The van der Waals surface area contributed by atoms with Gasteiger partial charge in [0, 0.05) is 19.0 Å². The van der Waals surface area contributed by atoms with Crippen molar-refractivity contribution in [3.8, 4) is 0 Å². The van der Waals surface area contributed by atoms with Gasteiger partial charge in [-0.15, -0.1) is 0 Å². The van der Waals surface area contributed by atoms with Crippen molar-refractivity contribution in [3.63, 3.8) is 0 Å². The highest BCUT2D eigenvalue weighted by Crippen LogP contribution is 2.29. The molecule has 1 saturated heterocycles. The molecule has 6 nitrogen and oxygen atoms in total. The topological polar surface area (TPSA) is 84.2 Å². The lowest BCUT2D eigenvalue weighted by Gasteiger charge is -2.30. The summed E-state index contributed by atoms with van der Waals surface area (Å²) in [6, 6.07) is 0. The fourth-order valence-corrected chi connectivity index (χ4v) is 2.20. The number of nitrogens with one attached hydrogen (secondary N) is 1. The monoisotopic (exact) mass is 238 g/mol. The second-order valence-corrected chi connectivity index (χ2v) is 4.20. The number of piperidine rings is 1. The molecule has 0 aliphatic carbocycles. The number of ether oxygens (including phenoxy) is 1. The maximum absolute atomic E-state index is 11.5. The zero-order valence-corrected chi connectivity index (χ0v) is 9.98. The van der Waals surface area contributed by atoms with Crippen LogP contribution in [0.5, 0.6) is 0 Å². The highest BCUT2D eigenvalue weighted by Gasteiger charge is 2.26. The van der Waals surface area contributed by atoms with Crippen LogP contribution in [0.4, 0.5) is 10.5 Å². The Labute approximate surface area is 100 Å². The van der Waals surface area contributed by atoms with Crippen LogP contribution in [0.2, 0.25) is 0 Å². The molecule has 17 heavy (non-hydrogen) atoms. The first-order chi connectivity index (χ1) is 8.22. The summed E-state index contributed by atoms with van der Waals surface area (Å²) in [5, 5.41) is 6.86. The van der Waals surface area contributed by atoms with E-state index in [1.165, 1.54) is 0 Å². The second-order valence-electron chi connectivity index (χ2n) is 4.20. The second kappa shape index (κ2) is 5.07. The summed E-state index contributed by atoms with van der Waals surface area (Å²) in [5.41, 5.74) is 7.52. The van der Waals surface area contributed by atoms with Crippen LogP contribution in [0.15, 0.2) is 6.20 Å². The molecule has 0 atom stereocenters. The summed E-state index contributed by atoms with van der Waals surface area (Å²) < 4.78 is 4.97. The number of hydrogen-bond donors (Lipinski definition) is 2. The van der Waals surface area contributed by atoms with E-state index in [2.05, 4.69) is 10.2 Å². The molecule has 1 aromatic rings. The van der Waals surface area contributed by atoms with Crippen molar-refractivity contribution in [3.05, 3.63) is 11.9 Å². The molecule has 2 rings (SSSR count). The van der Waals surface area contributed by atoms with Gasteiger partial charge < -0.3 is 15.4 Å². The Balaban J connectivity index is 1.90. The van der Waals surface area contributed by atoms with Gasteiger partial charge in [0.05, 0.1) is 24.2 Å². The number of H-pyrrole nitrogens is 1. The zero-order chi connectivity index (χ0) is 12.3.